The Morgan fingerprint density at radius 1 is 0.917 bits per heavy atom. The van der Waals surface area contributed by atoms with Gasteiger partial charge in [-0.3, -0.25) is 0 Å². The van der Waals surface area contributed by atoms with Gasteiger partial charge in [0.2, 0.25) is 0 Å². The minimum absolute atomic E-state index is 0.142. The average Bonchev–Trinajstić information content (AvgIpc) is 2.59. The number of benzene rings is 3. The van der Waals surface area contributed by atoms with Crippen LogP contribution in [0.25, 0.3) is 10.8 Å². The van der Waals surface area contributed by atoms with E-state index in [1.165, 1.54) is 5.56 Å². The fourth-order valence-corrected chi connectivity index (χ4v) is 2.74. The first-order valence-corrected chi connectivity index (χ1v) is 8.13. The maximum absolute atomic E-state index is 9.37. The fourth-order valence-electron chi connectivity index (χ4n) is 2.74. The van der Waals surface area contributed by atoms with Gasteiger partial charge >= 0.3 is 0 Å². The van der Waals surface area contributed by atoms with E-state index in [9.17, 15) is 5.26 Å². The Bertz CT molecular complexity index is 896. The maximum Gasteiger partial charge on any atom is 0.145 e. The third-order valence-electron chi connectivity index (χ3n) is 4.20. The zero-order valence-corrected chi connectivity index (χ0v) is 14.3. The van der Waals surface area contributed by atoms with Crippen molar-refractivity contribution in [1.82, 2.24) is 0 Å². The van der Waals surface area contributed by atoms with Gasteiger partial charge < -0.3 is 4.74 Å². The van der Waals surface area contributed by atoms with Crippen LogP contribution in [0.2, 0.25) is 0 Å². The lowest BCUT2D eigenvalue weighted by atomic mass is 9.87. The summed E-state index contributed by atoms with van der Waals surface area (Å²) in [5.74, 6) is 0.662. The Labute approximate surface area is 143 Å². The van der Waals surface area contributed by atoms with Crippen molar-refractivity contribution < 1.29 is 4.74 Å². The second-order valence-electron chi connectivity index (χ2n) is 7.01. The molecule has 0 atom stereocenters. The number of ether oxygens (including phenoxy) is 1. The summed E-state index contributed by atoms with van der Waals surface area (Å²) in [6.07, 6.45) is 0. The molecule has 3 aromatic carbocycles. The number of rotatable bonds is 3. The van der Waals surface area contributed by atoms with Crippen molar-refractivity contribution in [3.05, 3.63) is 77.4 Å². The molecule has 0 radical (unpaired) electrons. The molecule has 0 aromatic heterocycles. The molecule has 0 amide bonds. The quantitative estimate of drug-likeness (QED) is 0.631. The molecule has 0 saturated carbocycles. The van der Waals surface area contributed by atoms with E-state index >= 15 is 0 Å². The van der Waals surface area contributed by atoms with Crippen LogP contribution in [0, 0.1) is 11.3 Å². The van der Waals surface area contributed by atoms with Crippen LogP contribution in [0.3, 0.4) is 0 Å². The van der Waals surface area contributed by atoms with Crippen LogP contribution in [-0.2, 0) is 12.0 Å². The lowest BCUT2D eigenvalue weighted by Gasteiger charge is -2.19. The summed E-state index contributed by atoms with van der Waals surface area (Å²) in [5.41, 5.74) is 3.11. The summed E-state index contributed by atoms with van der Waals surface area (Å²) < 4.78 is 6.03. The van der Waals surface area contributed by atoms with E-state index in [0.29, 0.717) is 17.9 Å². The first-order valence-electron chi connectivity index (χ1n) is 8.13. The monoisotopic (exact) mass is 315 g/mol. The smallest absolute Gasteiger partial charge is 0.145 e. The zero-order chi connectivity index (χ0) is 17.2. The Morgan fingerprint density at radius 2 is 1.62 bits per heavy atom. The Morgan fingerprint density at radius 3 is 2.29 bits per heavy atom. The Kier molecular flexibility index (Phi) is 4.27. The SMILES string of the molecule is CC(C)(C)c1ccc(COc2c(C#N)ccc3ccccc23)cc1. The summed E-state index contributed by atoms with van der Waals surface area (Å²) in [6, 6.07) is 22.5. The largest absolute Gasteiger partial charge is 0.487 e. The van der Waals surface area contributed by atoms with E-state index in [0.717, 1.165) is 16.3 Å². The molecule has 0 unspecified atom stereocenters. The predicted octanol–water partition coefficient (Wildman–Crippen LogP) is 5.59. The van der Waals surface area contributed by atoms with E-state index in [1.807, 2.05) is 36.4 Å². The van der Waals surface area contributed by atoms with Gasteiger partial charge in [-0.2, -0.15) is 5.26 Å². The van der Waals surface area contributed by atoms with E-state index < -0.39 is 0 Å². The second-order valence-corrected chi connectivity index (χ2v) is 7.01. The van der Waals surface area contributed by atoms with Crippen molar-refractivity contribution in [1.29, 1.82) is 5.26 Å². The third kappa shape index (κ3) is 3.26. The summed E-state index contributed by atoms with van der Waals surface area (Å²) in [6.45, 7) is 7.06. The summed E-state index contributed by atoms with van der Waals surface area (Å²) in [4.78, 5) is 0. The van der Waals surface area contributed by atoms with E-state index in [2.05, 4.69) is 51.1 Å². The van der Waals surface area contributed by atoms with Crippen LogP contribution >= 0.6 is 0 Å². The van der Waals surface area contributed by atoms with Gasteiger partial charge in [0.15, 0.2) is 0 Å². The van der Waals surface area contributed by atoms with Gasteiger partial charge in [-0.1, -0.05) is 75.4 Å². The van der Waals surface area contributed by atoms with Crippen LogP contribution < -0.4 is 4.74 Å². The molecule has 0 fully saturated rings. The fraction of sp³-hybridized carbons (Fsp3) is 0.227. The molecule has 0 bridgehead atoms. The van der Waals surface area contributed by atoms with Crippen LogP contribution in [0.5, 0.6) is 5.75 Å². The lowest BCUT2D eigenvalue weighted by Crippen LogP contribution is -2.10. The topological polar surface area (TPSA) is 33.0 Å². The van der Waals surface area contributed by atoms with Gasteiger partial charge in [-0.15, -0.1) is 0 Å². The van der Waals surface area contributed by atoms with Crippen LogP contribution in [0.15, 0.2) is 60.7 Å². The maximum atomic E-state index is 9.37. The summed E-state index contributed by atoms with van der Waals surface area (Å²) >= 11 is 0. The van der Waals surface area contributed by atoms with Crippen LogP contribution in [0.4, 0.5) is 0 Å². The number of nitrogens with zero attached hydrogens (tertiary/aromatic N) is 1. The highest BCUT2D eigenvalue weighted by molar-refractivity contribution is 5.90. The van der Waals surface area contributed by atoms with Gasteiger partial charge in [0.1, 0.15) is 18.4 Å². The van der Waals surface area contributed by atoms with Crippen molar-refractivity contribution in [3.63, 3.8) is 0 Å². The molecule has 0 saturated heterocycles. The molecule has 0 heterocycles. The molecule has 0 aliphatic carbocycles. The number of fused-ring (bicyclic) bond motifs is 1. The Hall–Kier alpha value is -2.79. The predicted molar refractivity (Wildman–Crippen MR) is 98.1 cm³/mol. The minimum Gasteiger partial charge on any atom is -0.487 e. The first kappa shape index (κ1) is 16.1. The van der Waals surface area contributed by atoms with Crippen molar-refractivity contribution in [2.75, 3.05) is 0 Å². The standard InChI is InChI=1S/C22H21NO/c1-22(2,3)19-12-8-16(9-13-19)15-24-21-18(14-23)11-10-17-6-4-5-7-20(17)21/h4-13H,15H2,1-3H3. The number of hydrogen-bond acceptors (Lipinski definition) is 2. The zero-order valence-electron chi connectivity index (χ0n) is 14.3. The molecule has 120 valence electrons. The van der Waals surface area contributed by atoms with Crippen molar-refractivity contribution in [2.45, 2.75) is 32.8 Å². The molecule has 3 rings (SSSR count). The lowest BCUT2D eigenvalue weighted by molar-refractivity contribution is 0.309. The molecule has 0 spiro atoms. The van der Waals surface area contributed by atoms with E-state index in [4.69, 9.17) is 4.74 Å². The highest BCUT2D eigenvalue weighted by Crippen LogP contribution is 2.30. The molecule has 0 aliphatic rings. The molecule has 0 N–H and O–H groups in total. The number of nitriles is 1. The van der Waals surface area contributed by atoms with E-state index in [-0.39, 0.29) is 5.41 Å². The summed E-state index contributed by atoms with van der Waals surface area (Å²) in [7, 11) is 0. The normalized spacial score (nSPS) is 11.2. The number of hydrogen-bond donors (Lipinski definition) is 0. The van der Waals surface area contributed by atoms with Crippen molar-refractivity contribution >= 4 is 10.8 Å². The minimum atomic E-state index is 0.142. The molecular formula is C22H21NO. The van der Waals surface area contributed by atoms with Crippen LogP contribution in [-0.4, -0.2) is 0 Å². The molecule has 2 nitrogen and oxygen atoms in total. The molecule has 3 aromatic rings. The van der Waals surface area contributed by atoms with E-state index in [1.54, 1.807) is 0 Å². The van der Waals surface area contributed by atoms with Gasteiger partial charge in [0, 0.05) is 5.39 Å². The van der Waals surface area contributed by atoms with Crippen molar-refractivity contribution in [3.8, 4) is 11.8 Å². The second kappa shape index (κ2) is 6.37. The highest BCUT2D eigenvalue weighted by Gasteiger charge is 2.13. The molecular weight excluding hydrogens is 294 g/mol. The highest BCUT2D eigenvalue weighted by atomic mass is 16.5. The molecule has 0 aliphatic heterocycles. The van der Waals surface area contributed by atoms with Gasteiger partial charge in [0.25, 0.3) is 0 Å². The van der Waals surface area contributed by atoms with Crippen molar-refractivity contribution in [2.24, 2.45) is 0 Å². The van der Waals surface area contributed by atoms with Gasteiger partial charge in [0.05, 0.1) is 5.56 Å². The van der Waals surface area contributed by atoms with Gasteiger partial charge in [-0.25, -0.2) is 0 Å². The van der Waals surface area contributed by atoms with Gasteiger partial charge in [-0.05, 0) is 28.0 Å². The Balaban J connectivity index is 1.87. The molecule has 24 heavy (non-hydrogen) atoms. The summed E-state index contributed by atoms with van der Waals surface area (Å²) in [5, 5.41) is 11.4. The third-order valence-corrected chi connectivity index (χ3v) is 4.20. The average molecular weight is 315 g/mol. The first-order chi connectivity index (χ1) is 11.5. The molecule has 2 heteroatoms. The van der Waals surface area contributed by atoms with Crippen LogP contribution in [0.1, 0.15) is 37.5 Å².